The van der Waals surface area contributed by atoms with Crippen LogP contribution >= 0.6 is 11.3 Å². The van der Waals surface area contributed by atoms with Crippen molar-refractivity contribution in [3.63, 3.8) is 0 Å². The highest BCUT2D eigenvalue weighted by Crippen LogP contribution is 2.34. The number of anilines is 1. The van der Waals surface area contributed by atoms with Crippen molar-refractivity contribution in [1.82, 2.24) is 0 Å². The van der Waals surface area contributed by atoms with E-state index in [0.29, 0.717) is 5.69 Å². The molecule has 2 rings (SSSR count). The topological polar surface area (TPSA) is 29.3 Å². The molecule has 0 saturated heterocycles. The Balaban J connectivity index is 2.41. The molecule has 0 spiro atoms. The summed E-state index contributed by atoms with van der Waals surface area (Å²) in [6.45, 7) is 3.95. The molecular formula is C15H19FN2S. The summed E-state index contributed by atoms with van der Waals surface area (Å²) >= 11 is 1.68. The van der Waals surface area contributed by atoms with Gasteiger partial charge in [0.05, 0.1) is 11.7 Å². The van der Waals surface area contributed by atoms with Gasteiger partial charge in [-0.3, -0.25) is 0 Å². The molecule has 102 valence electrons. The van der Waals surface area contributed by atoms with Crippen molar-refractivity contribution in [3.05, 3.63) is 52.0 Å². The molecule has 0 saturated carbocycles. The van der Waals surface area contributed by atoms with Crippen molar-refractivity contribution < 1.29 is 4.39 Å². The fraction of sp³-hybridized carbons (Fsp3) is 0.333. The van der Waals surface area contributed by atoms with Crippen molar-refractivity contribution in [2.45, 2.75) is 25.9 Å². The van der Waals surface area contributed by atoms with Gasteiger partial charge in [-0.05, 0) is 36.9 Å². The molecule has 1 heterocycles. The summed E-state index contributed by atoms with van der Waals surface area (Å²) in [4.78, 5) is 3.17. The lowest BCUT2D eigenvalue weighted by Gasteiger charge is -2.29. The van der Waals surface area contributed by atoms with Crippen molar-refractivity contribution in [1.29, 1.82) is 0 Å². The zero-order chi connectivity index (χ0) is 14.0. The Labute approximate surface area is 117 Å². The number of para-hydroxylation sites is 1. The third-order valence-corrected chi connectivity index (χ3v) is 4.44. The minimum atomic E-state index is -0.222. The number of hydrogen-bond acceptors (Lipinski definition) is 3. The first-order valence-corrected chi connectivity index (χ1v) is 7.20. The van der Waals surface area contributed by atoms with Crippen LogP contribution in [0.15, 0.2) is 35.7 Å². The normalized spacial score (nSPS) is 14.2. The van der Waals surface area contributed by atoms with Crippen LogP contribution in [-0.4, -0.2) is 7.05 Å². The number of hydrogen-bond donors (Lipinski definition) is 1. The van der Waals surface area contributed by atoms with Crippen LogP contribution in [0.25, 0.3) is 0 Å². The summed E-state index contributed by atoms with van der Waals surface area (Å²) in [5.74, 6) is -0.222. The van der Waals surface area contributed by atoms with Gasteiger partial charge in [0.25, 0.3) is 0 Å². The summed E-state index contributed by atoms with van der Waals surface area (Å²) in [6.07, 6.45) is 0. The number of benzene rings is 1. The van der Waals surface area contributed by atoms with Crippen LogP contribution in [0.3, 0.4) is 0 Å². The molecule has 19 heavy (non-hydrogen) atoms. The van der Waals surface area contributed by atoms with E-state index in [9.17, 15) is 4.39 Å². The van der Waals surface area contributed by atoms with Crippen LogP contribution in [0.5, 0.6) is 0 Å². The molecule has 0 amide bonds. The Morgan fingerprint density at radius 3 is 2.53 bits per heavy atom. The molecule has 0 aliphatic heterocycles. The van der Waals surface area contributed by atoms with Crippen molar-refractivity contribution in [2.75, 3.05) is 11.9 Å². The highest BCUT2D eigenvalue weighted by atomic mass is 32.1. The van der Waals surface area contributed by atoms with Gasteiger partial charge >= 0.3 is 0 Å². The number of rotatable bonds is 4. The van der Waals surface area contributed by atoms with E-state index in [1.165, 1.54) is 10.9 Å². The Morgan fingerprint density at radius 2 is 1.95 bits per heavy atom. The van der Waals surface area contributed by atoms with Gasteiger partial charge < -0.3 is 10.6 Å². The maximum atomic E-state index is 14.2. The zero-order valence-corrected chi connectivity index (χ0v) is 12.2. The molecule has 0 aliphatic rings. The standard InChI is InChI=1S/C15H19FN2S/c1-10(17)12-6-4-7-13(16)15(12)18(3)11(2)14-8-5-9-19-14/h4-11H,17H2,1-3H3/t10-,11?/m1/s1. The maximum Gasteiger partial charge on any atom is 0.146 e. The molecule has 2 nitrogen and oxygen atoms in total. The third kappa shape index (κ3) is 2.80. The van der Waals surface area contributed by atoms with Crippen molar-refractivity contribution in [2.24, 2.45) is 5.73 Å². The molecule has 1 aromatic heterocycles. The fourth-order valence-corrected chi connectivity index (χ4v) is 3.01. The molecule has 1 unspecified atom stereocenters. The largest absolute Gasteiger partial charge is 0.364 e. The smallest absolute Gasteiger partial charge is 0.146 e. The van der Waals surface area contributed by atoms with Gasteiger partial charge in [-0.1, -0.05) is 18.2 Å². The second-order valence-electron chi connectivity index (χ2n) is 4.77. The molecule has 4 heteroatoms. The zero-order valence-electron chi connectivity index (χ0n) is 11.4. The minimum Gasteiger partial charge on any atom is -0.364 e. The van der Waals surface area contributed by atoms with Crippen LogP contribution in [0, 0.1) is 5.82 Å². The first-order valence-electron chi connectivity index (χ1n) is 6.32. The second kappa shape index (κ2) is 5.72. The molecule has 1 aromatic carbocycles. The number of thiophene rings is 1. The molecule has 2 N–H and O–H groups in total. The van der Waals surface area contributed by atoms with Gasteiger partial charge in [0.2, 0.25) is 0 Å². The monoisotopic (exact) mass is 278 g/mol. The molecular weight excluding hydrogens is 259 g/mol. The van der Waals surface area contributed by atoms with Crippen LogP contribution < -0.4 is 10.6 Å². The Bertz CT molecular complexity index is 537. The summed E-state index contributed by atoms with van der Waals surface area (Å²) in [5, 5.41) is 2.04. The first-order chi connectivity index (χ1) is 9.02. The first kappa shape index (κ1) is 14.0. The fourth-order valence-electron chi connectivity index (χ4n) is 2.19. The highest BCUT2D eigenvalue weighted by molar-refractivity contribution is 7.10. The molecule has 0 radical (unpaired) electrons. The summed E-state index contributed by atoms with van der Waals surface area (Å²) < 4.78 is 14.2. The van der Waals surface area contributed by atoms with Gasteiger partial charge in [-0.25, -0.2) is 4.39 Å². The number of nitrogens with two attached hydrogens (primary N) is 1. The Hall–Kier alpha value is -1.39. The lowest BCUT2D eigenvalue weighted by molar-refractivity contribution is 0.606. The van der Waals surface area contributed by atoms with Crippen molar-refractivity contribution >= 4 is 17.0 Å². The lowest BCUT2D eigenvalue weighted by atomic mass is 10.0. The van der Waals surface area contributed by atoms with Crippen LogP contribution in [0.1, 0.15) is 36.4 Å². The van der Waals surface area contributed by atoms with Gasteiger partial charge in [0.15, 0.2) is 0 Å². The van der Waals surface area contributed by atoms with Gasteiger partial charge in [0.1, 0.15) is 5.82 Å². The van der Waals surface area contributed by atoms with Gasteiger partial charge in [0, 0.05) is 18.0 Å². The molecule has 2 atom stereocenters. The van der Waals surface area contributed by atoms with Crippen LogP contribution in [0.2, 0.25) is 0 Å². The SMILES string of the molecule is CC(c1cccs1)N(C)c1c(F)cccc1[C@@H](C)N. The average molecular weight is 278 g/mol. The Morgan fingerprint density at radius 1 is 1.21 bits per heavy atom. The minimum absolute atomic E-state index is 0.120. The number of nitrogens with zero attached hydrogens (tertiary/aromatic N) is 1. The van der Waals surface area contributed by atoms with Crippen molar-refractivity contribution in [3.8, 4) is 0 Å². The van der Waals surface area contributed by atoms with E-state index >= 15 is 0 Å². The van der Waals surface area contributed by atoms with E-state index in [-0.39, 0.29) is 17.9 Å². The summed E-state index contributed by atoms with van der Waals surface area (Å²) in [6, 6.07) is 9.09. The van der Waals surface area contributed by atoms with Crippen LogP contribution in [-0.2, 0) is 0 Å². The van der Waals surface area contributed by atoms with E-state index in [2.05, 4.69) is 13.0 Å². The highest BCUT2D eigenvalue weighted by Gasteiger charge is 2.20. The lowest BCUT2D eigenvalue weighted by Crippen LogP contribution is -2.24. The second-order valence-corrected chi connectivity index (χ2v) is 5.75. The molecule has 2 aromatic rings. The van der Waals surface area contributed by atoms with E-state index in [4.69, 9.17) is 5.73 Å². The molecule has 0 aliphatic carbocycles. The molecule has 0 fully saturated rings. The average Bonchev–Trinajstić information content (AvgIpc) is 2.90. The quantitative estimate of drug-likeness (QED) is 0.912. The van der Waals surface area contributed by atoms with Gasteiger partial charge in [-0.2, -0.15) is 0 Å². The summed E-state index contributed by atoms with van der Waals surface area (Å²) in [5.41, 5.74) is 7.38. The van der Waals surface area contributed by atoms with E-state index in [1.807, 2.05) is 36.4 Å². The maximum absolute atomic E-state index is 14.2. The predicted octanol–water partition coefficient (Wildman–Crippen LogP) is 4.10. The Kier molecular flexibility index (Phi) is 4.22. The molecule has 0 bridgehead atoms. The van der Waals surface area contributed by atoms with E-state index < -0.39 is 0 Å². The van der Waals surface area contributed by atoms with E-state index in [0.717, 1.165) is 5.56 Å². The number of halogens is 1. The van der Waals surface area contributed by atoms with Crippen LogP contribution in [0.4, 0.5) is 10.1 Å². The van der Waals surface area contributed by atoms with Gasteiger partial charge in [-0.15, -0.1) is 11.3 Å². The predicted molar refractivity (Wildman–Crippen MR) is 80.1 cm³/mol. The summed E-state index contributed by atoms with van der Waals surface area (Å²) in [7, 11) is 1.91. The van der Waals surface area contributed by atoms with E-state index in [1.54, 1.807) is 17.4 Å². The third-order valence-electron chi connectivity index (χ3n) is 3.40.